The van der Waals surface area contributed by atoms with Crippen molar-refractivity contribution in [3.8, 4) is 22.6 Å². The van der Waals surface area contributed by atoms with Crippen LogP contribution >= 0.6 is 0 Å². The fourth-order valence-electron chi connectivity index (χ4n) is 4.55. The van der Waals surface area contributed by atoms with Gasteiger partial charge >= 0.3 is 0 Å². The number of aryl methyl sites for hydroxylation is 1. The molecule has 0 N–H and O–H groups in total. The Kier molecular flexibility index (Phi) is 4.65. The highest BCUT2D eigenvalue weighted by atomic mass is 16.5. The van der Waals surface area contributed by atoms with Gasteiger partial charge in [0.05, 0.1) is 13.3 Å². The average molecular weight is 451 g/mol. The fraction of sp³-hybridized carbons (Fsp3) is 0.154. The van der Waals surface area contributed by atoms with Gasteiger partial charge in [0.2, 0.25) is 0 Å². The SMILES string of the molecule is COc1ccc(CN2Cc3cc(-n4cc(-c5cnn(C)c5)c5cncnc54)ccc3C2=O)cc1. The van der Waals surface area contributed by atoms with Crippen LogP contribution in [-0.4, -0.2) is 42.2 Å². The summed E-state index contributed by atoms with van der Waals surface area (Å²) < 4.78 is 9.06. The third kappa shape index (κ3) is 3.31. The Bertz CT molecular complexity index is 1530. The monoisotopic (exact) mass is 450 g/mol. The second kappa shape index (κ2) is 7.84. The third-order valence-corrected chi connectivity index (χ3v) is 6.26. The Morgan fingerprint density at radius 3 is 2.65 bits per heavy atom. The van der Waals surface area contributed by atoms with Crippen molar-refractivity contribution in [2.75, 3.05) is 7.11 Å². The van der Waals surface area contributed by atoms with E-state index in [2.05, 4.69) is 31.9 Å². The second-order valence-corrected chi connectivity index (χ2v) is 8.43. The van der Waals surface area contributed by atoms with Crippen LogP contribution in [0.15, 0.2) is 73.6 Å². The number of benzene rings is 2. The summed E-state index contributed by atoms with van der Waals surface area (Å²) >= 11 is 0. The van der Waals surface area contributed by atoms with Gasteiger partial charge in [-0.3, -0.25) is 9.48 Å². The van der Waals surface area contributed by atoms with Crippen LogP contribution in [0.2, 0.25) is 0 Å². The molecule has 1 aliphatic heterocycles. The molecule has 0 atom stereocenters. The number of nitrogens with zero attached hydrogens (tertiary/aromatic N) is 6. The van der Waals surface area contributed by atoms with Crippen molar-refractivity contribution >= 4 is 16.9 Å². The highest BCUT2D eigenvalue weighted by Crippen LogP contribution is 2.33. The minimum Gasteiger partial charge on any atom is -0.497 e. The van der Waals surface area contributed by atoms with E-state index in [0.717, 1.165) is 50.3 Å². The molecule has 5 aromatic rings. The molecule has 0 unspecified atom stereocenters. The molecule has 1 amide bonds. The summed E-state index contributed by atoms with van der Waals surface area (Å²) in [7, 11) is 3.54. The Hall–Kier alpha value is -4.46. The van der Waals surface area contributed by atoms with Crippen molar-refractivity contribution in [2.45, 2.75) is 13.1 Å². The summed E-state index contributed by atoms with van der Waals surface area (Å²) in [6, 6.07) is 13.8. The van der Waals surface area contributed by atoms with E-state index in [1.807, 2.05) is 66.9 Å². The predicted molar refractivity (Wildman–Crippen MR) is 128 cm³/mol. The van der Waals surface area contributed by atoms with E-state index in [4.69, 9.17) is 4.74 Å². The van der Waals surface area contributed by atoms with Gasteiger partial charge in [0, 0.05) is 66.5 Å². The summed E-state index contributed by atoms with van der Waals surface area (Å²) in [6.45, 7) is 1.12. The lowest BCUT2D eigenvalue weighted by Gasteiger charge is -2.15. The summed E-state index contributed by atoms with van der Waals surface area (Å²) in [5.74, 6) is 0.853. The molecule has 4 heterocycles. The number of carbonyl (C=O) groups excluding carboxylic acids is 1. The molecule has 8 nitrogen and oxygen atoms in total. The smallest absolute Gasteiger partial charge is 0.254 e. The lowest BCUT2D eigenvalue weighted by atomic mass is 10.1. The molecule has 0 bridgehead atoms. The molecule has 8 heteroatoms. The van der Waals surface area contributed by atoms with Gasteiger partial charge < -0.3 is 14.2 Å². The molecule has 34 heavy (non-hydrogen) atoms. The van der Waals surface area contributed by atoms with Crippen molar-refractivity contribution in [2.24, 2.45) is 7.05 Å². The number of rotatable bonds is 5. The number of carbonyl (C=O) groups is 1. The van der Waals surface area contributed by atoms with Gasteiger partial charge in [-0.25, -0.2) is 9.97 Å². The molecule has 3 aromatic heterocycles. The van der Waals surface area contributed by atoms with Gasteiger partial charge in [-0.1, -0.05) is 12.1 Å². The molecule has 0 aliphatic carbocycles. The largest absolute Gasteiger partial charge is 0.497 e. The van der Waals surface area contributed by atoms with Crippen LogP contribution in [0.5, 0.6) is 5.75 Å². The van der Waals surface area contributed by atoms with Crippen LogP contribution in [0.3, 0.4) is 0 Å². The van der Waals surface area contributed by atoms with E-state index in [1.54, 1.807) is 18.1 Å². The summed E-state index contributed by atoms with van der Waals surface area (Å²) in [5, 5.41) is 5.26. The summed E-state index contributed by atoms with van der Waals surface area (Å²) in [6.07, 6.45) is 9.26. The molecule has 0 radical (unpaired) electrons. The zero-order valence-corrected chi connectivity index (χ0v) is 18.8. The third-order valence-electron chi connectivity index (χ3n) is 6.26. The molecule has 2 aromatic carbocycles. The number of aromatic nitrogens is 5. The van der Waals surface area contributed by atoms with Crippen LogP contribution in [0.1, 0.15) is 21.5 Å². The van der Waals surface area contributed by atoms with E-state index >= 15 is 0 Å². The fourth-order valence-corrected chi connectivity index (χ4v) is 4.55. The number of hydrogen-bond acceptors (Lipinski definition) is 5. The van der Waals surface area contributed by atoms with Crippen molar-refractivity contribution in [1.82, 2.24) is 29.2 Å². The molecule has 0 saturated heterocycles. The van der Waals surface area contributed by atoms with Crippen LogP contribution in [0, 0.1) is 0 Å². The normalized spacial score (nSPS) is 13.0. The van der Waals surface area contributed by atoms with Gasteiger partial charge in [0.25, 0.3) is 5.91 Å². The van der Waals surface area contributed by atoms with Crippen LogP contribution in [0.4, 0.5) is 0 Å². The highest BCUT2D eigenvalue weighted by Gasteiger charge is 2.28. The lowest BCUT2D eigenvalue weighted by molar-refractivity contribution is 0.0766. The Morgan fingerprint density at radius 2 is 1.88 bits per heavy atom. The maximum absolute atomic E-state index is 13.0. The summed E-state index contributed by atoms with van der Waals surface area (Å²) in [4.78, 5) is 23.7. The molecule has 1 aliphatic rings. The first-order valence-corrected chi connectivity index (χ1v) is 11.0. The van der Waals surface area contributed by atoms with E-state index in [0.29, 0.717) is 13.1 Å². The van der Waals surface area contributed by atoms with E-state index in [1.165, 1.54) is 0 Å². The Labute approximate surface area is 196 Å². The molecule has 0 saturated carbocycles. The Balaban J connectivity index is 1.34. The van der Waals surface area contributed by atoms with Crippen LogP contribution < -0.4 is 4.74 Å². The molecule has 6 rings (SSSR count). The van der Waals surface area contributed by atoms with Gasteiger partial charge in [-0.05, 0) is 41.5 Å². The molecule has 168 valence electrons. The Morgan fingerprint density at radius 1 is 1.03 bits per heavy atom. The predicted octanol–water partition coefficient (Wildman–Crippen LogP) is 3.99. The minimum absolute atomic E-state index is 0.0492. The van der Waals surface area contributed by atoms with Gasteiger partial charge in [0.1, 0.15) is 17.7 Å². The first-order chi connectivity index (χ1) is 16.6. The van der Waals surface area contributed by atoms with Crippen molar-refractivity contribution in [3.63, 3.8) is 0 Å². The topological polar surface area (TPSA) is 78.1 Å². The number of ether oxygens (including phenoxy) is 1. The van der Waals surface area contributed by atoms with Gasteiger partial charge in [0.15, 0.2) is 0 Å². The van der Waals surface area contributed by atoms with Crippen molar-refractivity contribution < 1.29 is 9.53 Å². The van der Waals surface area contributed by atoms with Gasteiger partial charge in [-0.15, -0.1) is 0 Å². The average Bonchev–Trinajstić information content (AvgIpc) is 3.55. The highest BCUT2D eigenvalue weighted by molar-refractivity contribution is 5.99. The molecule has 0 spiro atoms. The number of amides is 1. The first-order valence-electron chi connectivity index (χ1n) is 11.0. The number of hydrogen-bond donors (Lipinski definition) is 0. The van der Waals surface area contributed by atoms with E-state index in [9.17, 15) is 4.79 Å². The van der Waals surface area contributed by atoms with Crippen LogP contribution in [0.25, 0.3) is 27.8 Å². The van der Waals surface area contributed by atoms with Crippen LogP contribution in [-0.2, 0) is 20.1 Å². The maximum atomic E-state index is 13.0. The number of fused-ring (bicyclic) bond motifs is 2. The molecule has 0 fully saturated rings. The standard InChI is InChI=1S/C26H22N6O2/c1-30-13-19(10-29-30)24-15-32(25-23(24)11-27-16-28-25)20-5-8-22-18(9-20)14-31(26(22)33)12-17-3-6-21(34-2)7-4-17/h3-11,13,15-16H,12,14H2,1-2H3. The second-order valence-electron chi connectivity index (χ2n) is 8.43. The zero-order valence-electron chi connectivity index (χ0n) is 18.8. The number of methoxy groups -OCH3 is 1. The minimum atomic E-state index is 0.0492. The molecular formula is C26H22N6O2. The van der Waals surface area contributed by atoms with Crippen molar-refractivity contribution in [3.05, 3.63) is 90.3 Å². The quantitative estimate of drug-likeness (QED) is 0.405. The lowest BCUT2D eigenvalue weighted by Crippen LogP contribution is -2.23. The van der Waals surface area contributed by atoms with Gasteiger partial charge in [-0.2, -0.15) is 5.10 Å². The van der Waals surface area contributed by atoms with Crippen molar-refractivity contribution in [1.29, 1.82) is 0 Å². The summed E-state index contributed by atoms with van der Waals surface area (Å²) in [5.41, 5.74) is 6.61. The maximum Gasteiger partial charge on any atom is 0.254 e. The van der Waals surface area contributed by atoms with E-state index < -0.39 is 0 Å². The molecular weight excluding hydrogens is 428 g/mol. The zero-order chi connectivity index (χ0) is 23.2. The van der Waals surface area contributed by atoms with E-state index in [-0.39, 0.29) is 5.91 Å². The first kappa shape index (κ1) is 20.2.